The molecule has 1 saturated heterocycles. The van der Waals surface area contributed by atoms with Crippen LogP contribution in [-0.2, 0) is 14.8 Å². The van der Waals surface area contributed by atoms with E-state index in [4.69, 9.17) is 0 Å². The summed E-state index contributed by atoms with van der Waals surface area (Å²) < 4.78 is 24.1. The lowest BCUT2D eigenvalue weighted by Crippen LogP contribution is -2.51. The van der Waals surface area contributed by atoms with Gasteiger partial charge in [0.2, 0.25) is 15.9 Å². The van der Waals surface area contributed by atoms with E-state index in [1.54, 1.807) is 4.90 Å². The topological polar surface area (TPSA) is 60.9 Å². The maximum atomic E-state index is 12.5. The average Bonchev–Trinajstić information content (AvgIpc) is 2.47. The monoisotopic (exact) mass is 325 g/mol. The molecular weight excluding hydrogens is 302 g/mol. The standard InChI is InChI=1S/C15H23N3O3S/c1-16-9-10-18(15(19)12-17(2)22(3,20)21)14(11-16)13-7-5-4-6-8-13/h4-8,14H,9-12H2,1-3H3. The predicted octanol–water partition coefficient (Wildman–Crippen LogP) is 0.393. The normalized spacial score (nSPS) is 20.4. The third-order valence-electron chi connectivity index (χ3n) is 4.01. The second-order valence-electron chi connectivity index (χ2n) is 5.79. The van der Waals surface area contributed by atoms with Crippen LogP contribution in [0.1, 0.15) is 11.6 Å². The van der Waals surface area contributed by atoms with Gasteiger partial charge in [-0.25, -0.2) is 8.42 Å². The fraction of sp³-hybridized carbons (Fsp3) is 0.533. The van der Waals surface area contributed by atoms with Crippen molar-refractivity contribution >= 4 is 15.9 Å². The van der Waals surface area contributed by atoms with Gasteiger partial charge in [0.05, 0.1) is 18.8 Å². The minimum absolute atomic E-state index is 0.0413. The van der Waals surface area contributed by atoms with E-state index in [1.807, 2.05) is 37.4 Å². The minimum Gasteiger partial charge on any atom is -0.332 e. The minimum atomic E-state index is -3.35. The van der Waals surface area contributed by atoms with Crippen molar-refractivity contribution in [2.75, 3.05) is 46.5 Å². The van der Waals surface area contributed by atoms with E-state index in [9.17, 15) is 13.2 Å². The van der Waals surface area contributed by atoms with Crippen LogP contribution in [0.25, 0.3) is 0 Å². The van der Waals surface area contributed by atoms with Crippen molar-refractivity contribution in [3.05, 3.63) is 35.9 Å². The molecule has 0 N–H and O–H groups in total. The first-order chi connectivity index (χ1) is 10.3. The first kappa shape index (κ1) is 16.9. The number of sulfonamides is 1. The van der Waals surface area contributed by atoms with E-state index in [1.165, 1.54) is 7.05 Å². The zero-order valence-electron chi connectivity index (χ0n) is 13.3. The van der Waals surface area contributed by atoms with Crippen molar-refractivity contribution in [1.82, 2.24) is 14.1 Å². The quantitative estimate of drug-likeness (QED) is 0.804. The van der Waals surface area contributed by atoms with Gasteiger partial charge >= 0.3 is 0 Å². The molecule has 0 spiro atoms. The molecule has 0 aliphatic carbocycles. The van der Waals surface area contributed by atoms with Crippen LogP contribution < -0.4 is 0 Å². The molecule has 0 radical (unpaired) electrons. The molecule has 7 heteroatoms. The summed E-state index contributed by atoms with van der Waals surface area (Å²) >= 11 is 0. The summed E-state index contributed by atoms with van der Waals surface area (Å²) in [4.78, 5) is 16.5. The van der Waals surface area contributed by atoms with Crippen molar-refractivity contribution in [1.29, 1.82) is 0 Å². The molecule has 122 valence electrons. The fourth-order valence-corrected chi connectivity index (χ4v) is 2.92. The molecule has 0 aromatic heterocycles. The van der Waals surface area contributed by atoms with Gasteiger partial charge in [-0.1, -0.05) is 30.3 Å². The van der Waals surface area contributed by atoms with Gasteiger partial charge in [0.15, 0.2) is 0 Å². The van der Waals surface area contributed by atoms with E-state index in [0.29, 0.717) is 6.54 Å². The Balaban J connectivity index is 2.18. The van der Waals surface area contributed by atoms with Crippen molar-refractivity contribution in [3.8, 4) is 0 Å². The molecule has 1 heterocycles. The summed E-state index contributed by atoms with van der Waals surface area (Å²) in [6.07, 6.45) is 1.11. The van der Waals surface area contributed by atoms with Gasteiger partial charge in [-0.15, -0.1) is 0 Å². The lowest BCUT2D eigenvalue weighted by molar-refractivity contribution is -0.136. The summed E-state index contributed by atoms with van der Waals surface area (Å²) in [7, 11) is 0.106. The highest BCUT2D eigenvalue weighted by atomic mass is 32.2. The maximum Gasteiger partial charge on any atom is 0.238 e. The van der Waals surface area contributed by atoms with Crippen LogP contribution in [-0.4, -0.2) is 75.0 Å². The van der Waals surface area contributed by atoms with Crippen LogP contribution in [0.4, 0.5) is 0 Å². The Hall–Kier alpha value is -1.44. The summed E-state index contributed by atoms with van der Waals surface area (Å²) in [5.74, 6) is -0.158. The third-order valence-corrected chi connectivity index (χ3v) is 5.27. The summed E-state index contributed by atoms with van der Waals surface area (Å²) in [5, 5.41) is 0. The smallest absolute Gasteiger partial charge is 0.238 e. The van der Waals surface area contributed by atoms with Gasteiger partial charge in [0, 0.05) is 26.7 Å². The summed E-state index contributed by atoms with van der Waals surface area (Å²) in [6, 6.07) is 9.82. The molecule has 0 saturated carbocycles. The van der Waals surface area contributed by atoms with E-state index < -0.39 is 10.0 Å². The van der Waals surface area contributed by atoms with Crippen molar-refractivity contribution < 1.29 is 13.2 Å². The third kappa shape index (κ3) is 4.06. The fourth-order valence-electron chi connectivity index (χ4n) is 2.58. The Morgan fingerprint density at radius 1 is 1.27 bits per heavy atom. The number of hydrogen-bond acceptors (Lipinski definition) is 4. The number of likely N-dealkylation sites (N-methyl/N-ethyl adjacent to an activating group) is 2. The highest BCUT2D eigenvalue weighted by Crippen LogP contribution is 2.25. The number of amides is 1. The van der Waals surface area contributed by atoms with Crippen molar-refractivity contribution in [3.63, 3.8) is 0 Å². The Kier molecular flexibility index (Phi) is 5.20. The number of carbonyl (C=O) groups excluding carboxylic acids is 1. The Labute approximate surface area is 132 Å². The molecule has 6 nitrogen and oxygen atoms in total. The predicted molar refractivity (Wildman–Crippen MR) is 85.9 cm³/mol. The van der Waals surface area contributed by atoms with E-state index >= 15 is 0 Å². The van der Waals surface area contributed by atoms with E-state index in [-0.39, 0.29) is 18.5 Å². The van der Waals surface area contributed by atoms with Gasteiger partial charge in [-0.05, 0) is 12.6 Å². The van der Waals surface area contributed by atoms with Crippen LogP contribution in [0.15, 0.2) is 30.3 Å². The van der Waals surface area contributed by atoms with Crippen LogP contribution in [0, 0.1) is 0 Å². The van der Waals surface area contributed by atoms with E-state index in [2.05, 4.69) is 4.90 Å². The lowest BCUT2D eigenvalue weighted by atomic mass is 10.0. The number of carbonyl (C=O) groups is 1. The zero-order valence-corrected chi connectivity index (χ0v) is 14.1. The van der Waals surface area contributed by atoms with Crippen LogP contribution in [0.2, 0.25) is 0 Å². The van der Waals surface area contributed by atoms with Gasteiger partial charge in [0.25, 0.3) is 0 Å². The number of hydrogen-bond donors (Lipinski definition) is 0. The highest BCUT2D eigenvalue weighted by Gasteiger charge is 2.31. The first-order valence-electron chi connectivity index (χ1n) is 7.23. The Morgan fingerprint density at radius 3 is 2.50 bits per heavy atom. The number of piperazine rings is 1. The number of benzene rings is 1. The van der Waals surface area contributed by atoms with Crippen LogP contribution in [0.5, 0.6) is 0 Å². The Bertz CT molecular complexity index is 618. The SMILES string of the molecule is CN1CCN(C(=O)CN(C)S(C)(=O)=O)C(c2ccccc2)C1. The molecule has 1 fully saturated rings. The van der Waals surface area contributed by atoms with Crippen LogP contribution >= 0.6 is 0 Å². The van der Waals surface area contributed by atoms with Gasteiger partial charge in [0.1, 0.15) is 0 Å². The van der Waals surface area contributed by atoms with Gasteiger partial charge in [-0.2, -0.15) is 4.31 Å². The number of rotatable bonds is 4. The molecule has 0 bridgehead atoms. The molecule has 22 heavy (non-hydrogen) atoms. The molecule has 1 amide bonds. The largest absolute Gasteiger partial charge is 0.332 e. The molecule has 1 aliphatic rings. The first-order valence-corrected chi connectivity index (χ1v) is 9.08. The molecule has 1 unspecified atom stereocenters. The molecule has 1 atom stereocenters. The number of nitrogens with zero attached hydrogens (tertiary/aromatic N) is 3. The van der Waals surface area contributed by atoms with Gasteiger partial charge < -0.3 is 9.80 Å². The Morgan fingerprint density at radius 2 is 1.91 bits per heavy atom. The highest BCUT2D eigenvalue weighted by molar-refractivity contribution is 7.88. The molecule has 1 aromatic rings. The second-order valence-corrected chi connectivity index (χ2v) is 7.88. The summed E-state index contributed by atoms with van der Waals surface area (Å²) in [6.45, 7) is 2.02. The van der Waals surface area contributed by atoms with Crippen molar-refractivity contribution in [2.24, 2.45) is 0 Å². The van der Waals surface area contributed by atoms with Crippen LogP contribution in [0.3, 0.4) is 0 Å². The van der Waals surface area contributed by atoms with Gasteiger partial charge in [-0.3, -0.25) is 4.79 Å². The summed E-state index contributed by atoms with van der Waals surface area (Å²) in [5.41, 5.74) is 1.07. The molecular formula is C15H23N3O3S. The second kappa shape index (κ2) is 6.76. The molecule has 1 aromatic carbocycles. The zero-order chi connectivity index (χ0) is 16.3. The molecule has 2 rings (SSSR count). The molecule has 1 aliphatic heterocycles. The maximum absolute atomic E-state index is 12.5. The van der Waals surface area contributed by atoms with Crippen molar-refractivity contribution in [2.45, 2.75) is 6.04 Å². The average molecular weight is 325 g/mol. The van der Waals surface area contributed by atoms with E-state index in [0.717, 1.165) is 29.2 Å². The lowest BCUT2D eigenvalue weighted by Gasteiger charge is -2.40.